The molecule has 2 N–H and O–H groups in total. The van der Waals surface area contributed by atoms with Gasteiger partial charge in [-0.25, -0.2) is 8.78 Å². The summed E-state index contributed by atoms with van der Waals surface area (Å²) >= 11 is 0. The van der Waals surface area contributed by atoms with Crippen molar-refractivity contribution >= 4 is 29.9 Å². The Balaban J connectivity index is 0.00000300. The van der Waals surface area contributed by atoms with E-state index in [4.69, 9.17) is 4.74 Å². The van der Waals surface area contributed by atoms with E-state index in [-0.39, 0.29) is 41.0 Å². The summed E-state index contributed by atoms with van der Waals surface area (Å²) in [6.07, 6.45) is 1.72. The molecule has 1 saturated heterocycles. The third-order valence-electron chi connectivity index (χ3n) is 5.41. The Morgan fingerprint density at radius 1 is 1.07 bits per heavy atom. The fourth-order valence-electron chi connectivity index (χ4n) is 3.61. The number of guanidine groups is 1. The van der Waals surface area contributed by atoms with Gasteiger partial charge in [-0.1, -0.05) is 24.3 Å². The highest BCUT2D eigenvalue weighted by Crippen LogP contribution is 2.34. The highest BCUT2D eigenvalue weighted by molar-refractivity contribution is 14.0. The van der Waals surface area contributed by atoms with Gasteiger partial charge in [0.05, 0.1) is 0 Å². The van der Waals surface area contributed by atoms with Crippen molar-refractivity contribution in [3.63, 3.8) is 0 Å². The van der Waals surface area contributed by atoms with Gasteiger partial charge < -0.3 is 15.4 Å². The molecule has 0 aliphatic carbocycles. The molecular weight excluding hydrogens is 487 g/mol. The van der Waals surface area contributed by atoms with Gasteiger partial charge in [-0.2, -0.15) is 0 Å². The first-order valence-corrected chi connectivity index (χ1v) is 9.56. The van der Waals surface area contributed by atoms with Crippen molar-refractivity contribution < 1.29 is 13.5 Å². The lowest BCUT2D eigenvalue weighted by Crippen LogP contribution is -2.47. The number of nitrogens with one attached hydrogen (secondary N) is 2. The molecule has 0 atom stereocenters. The maximum atomic E-state index is 13.4. The normalized spacial score (nSPS) is 16.1. The number of ether oxygens (including phenoxy) is 1. The lowest BCUT2D eigenvalue weighted by Gasteiger charge is -2.38. The molecule has 0 spiro atoms. The van der Waals surface area contributed by atoms with Gasteiger partial charge in [0.15, 0.2) is 5.96 Å². The Morgan fingerprint density at radius 3 is 2.38 bits per heavy atom. The maximum absolute atomic E-state index is 13.4. The highest BCUT2D eigenvalue weighted by atomic mass is 127. The van der Waals surface area contributed by atoms with Crippen LogP contribution in [-0.4, -0.2) is 32.8 Å². The van der Waals surface area contributed by atoms with E-state index in [9.17, 15) is 8.78 Å². The zero-order valence-electron chi connectivity index (χ0n) is 16.8. The molecule has 1 fully saturated rings. The second kappa shape index (κ2) is 10.9. The quantitative estimate of drug-likeness (QED) is 0.355. The minimum Gasteiger partial charge on any atom is -0.381 e. The van der Waals surface area contributed by atoms with E-state index in [1.807, 2.05) is 18.2 Å². The number of aryl methyl sites for hydroxylation is 1. The monoisotopic (exact) mass is 515 g/mol. The van der Waals surface area contributed by atoms with Crippen molar-refractivity contribution in [2.45, 2.75) is 31.7 Å². The lowest BCUT2D eigenvalue weighted by molar-refractivity contribution is 0.0513. The summed E-state index contributed by atoms with van der Waals surface area (Å²) in [4.78, 5) is 4.30. The van der Waals surface area contributed by atoms with Gasteiger partial charge in [-0.3, -0.25) is 4.99 Å². The van der Waals surface area contributed by atoms with Crippen LogP contribution in [0.25, 0.3) is 0 Å². The van der Waals surface area contributed by atoms with Crippen LogP contribution in [0.4, 0.5) is 8.78 Å². The maximum Gasteiger partial charge on any atom is 0.191 e. The van der Waals surface area contributed by atoms with E-state index in [2.05, 4.69) is 15.6 Å². The van der Waals surface area contributed by atoms with Crippen molar-refractivity contribution in [3.8, 4) is 0 Å². The molecule has 0 aromatic heterocycles. The van der Waals surface area contributed by atoms with Crippen LogP contribution in [0.15, 0.2) is 47.5 Å². The molecule has 29 heavy (non-hydrogen) atoms. The van der Waals surface area contributed by atoms with Gasteiger partial charge >= 0.3 is 0 Å². The van der Waals surface area contributed by atoms with E-state index in [1.54, 1.807) is 20.0 Å². The number of aliphatic imine (C=N–C) groups is 1. The Kier molecular flexibility index (Phi) is 8.82. The molecule has 7 heteroatoms. The number of hydrogen-bond acceptors (Lipinski definition) is 2. The molecule has 0 bridgehead atoms. The Labute approximate surface area is 188 Å². The first-order valence-electron chi connectivity index (χ1n) is 9.56. The van der Waals surface area contributed by atoms with Crippen molar-refractivity contribution in [1.29, 1.82) is 0 Å². The highest BCUT2D eigenvalue weighted by Gasteiger charge is 2.34. The summed E-state index contributed by atoms with van der Waals surface area (Å²) < 4.78 is 32.3. The predicted molar refractivity (Wildman–Crippen MR) is 123 cm³/mol. The van der Waals surface area contributed by atoms with E-state index < -0.39 is 0 Å². The lowest BCUT2D eigenvalue weighted by atomic mass is 9.74. The SMILES string of the molecule is CN=C(NCc1ccc(F)c(C)c1)NCC1(c2ccc(F)cc2)CCOCC1.I. The second-order valence-corrected chi connectivity index (χ2v) is 7.26. The number of halogens is 3. The van der Waals surface area contributed by atoms with Crippen LogP contribution in [-0.2, 0) is 16.7 Å². The fourth-order valence-corrected chi connectivity index (χ4v) is 3.61. The minimum atomic E-state index is -0.231. The average Bonchev–Trinajstić information content (AvgIpc) is 2.72. The largest absolute Gasteiger partial charge is 0.381 e. The summed E-state index contributed by atoms with van der Waals surface area (Å²) in [5, 5.41) is 6.68. The van der Waals surface area contributed by atoms with Gasteiger partial charge in [0.25, 0.3) is 0 Å². The van der Waals surface area contributed by atoms with Crippen molar-refractivity contribution in [2.24, 2.45) is 4.99 Å². The molecule has 0 radical (unpaired) electrons. The molecule has 158 valence electrons. The standard InChI is InChI=1S/C22H27F2N3O.HI/c1-16-13-17(3-8-20(16)24)14-26-21(25-2)27-15-22(9-11-28-12-10-22)18-4-6-19(23)7-5-18;/h3-8,13H,9-12,14-15H2,1-2H3,(H2,25,26,27);1H. The predicted octanol–water partition coefficient (Wildman–Crippen LogP) is 4.30. The zero-order valence-corrected chi connectivity index (χ0v) is 19.1. The van der Waals surface area contributed by atoms with E-state index >= 15 is 0 Å². The zero-order chi connectivity index (χ0) is 20.0. The van der Waals surface area contributed by atoms with Crippen LogP contribution in [0.5, 0.6) is 0 Å². The molecule has 1 aliphatic rings. The summed E-state index contributed by atoms with van der Waals surface area (Å²) in [6.45, 7) is 4.33. The molecule has 1 heterocycles. The summed E-state index contributed by atoms with van der Waals surface area (Å²) in [7, 11) is 1.72. The smallest absolute Gasteiger partial charge is 0.191 e. The van der Waals surface area contributed by atoms with Crippen LogP contribution in [0.1, 0.15) is 29.5 Å². The molecule has 0 unspecified atom stereocenters. The molecule has 4 nitrogen and oxygen atoms in total. The van der Waals surface area contributed by atoms with Crippen LogP contribution >= 0.6 is 24.0 Å². The summed E-state index contributed by atoms with van der Waals surface area (Å²) in [5.41, 5.74) is 2.59. The van der Waals surface area contributed by atoms with Gasteiger partial charge in [0.1, 0.15) is 11.6 Å². The minimum absolute atomic E-state index is 0. The molecule has 2 aromatic carbocycles. The van der Waals surface area contributed by atoms with Crippen molar-refractivity contribution in [1.82, 2.24) is 10.6 Å². The molecule has 2 aromatic rings. The molecule has 0 saturated carbocycles. The van der Waals surface area contributed by atoms with Gasteiger partial charge in [0.2, 0.25) is 0 Å². The van der Waals surface area contributed by atoms with E-state index in [0.717, 1.165) is 24.0 Å². The number of hydrogen-bond donors (Lipinski definition) is 2. The van der Waals surface area contributed by atoms with Crippen LogP contribution in [0.3, 0.4) is 0 Å². The first kappa shape index (κ1) is 23.5. The third-order valence-corrected chi connectivity index (χ3v) is 5.41. The average molecular weight is 515 g/mol. The molecule has 0 amide bonds. The van der Waals surface area contributed by atoms with Crippen molar-refractivity contribution in [2.75, 3.05) is 26.8 Å². The van der Waals surface area contributed by atoms with E-state index in [0.29, 0.717) is 37.8 Å². The summed E-state index contributed by atoms with van der Waals surface area (Å²) in [5.74, 6) is 0.243. The Bertz CT molecular complexity index is 821. The summed E-state index contributed by atoms with van der Waals surface area (Å²) in [6, 6.07) is 11.8. The number of rotatable bonds is 5. The van der Waals surface area contributed by atoms with E-state index in [1.165, 1.54) is 18.2 Å². The fraction of sp³-hybridized carbons (Fsp3) is 0.409. The van der Waals surface area contributed by atoms with Crippen LogP contribution in [0.2, 0.25) is 0 Å². The van der Waals surface area contributed by atoms with Gasteiger partial charge in [0, 0.05) is 38.8 Å². The Morgan fingerprint density at radius 2 is 1.76 bits per heavy atom. The first-order chi connectivity index (χ1) is 13.5. The second-order valence-electron chi connectivity index (χ2n) is 7.26. The third kappa shape index (κ3) is 6.12. The van der Waals surface area contributed by atoms with Crippen LogP contribution in [0, 0.1) is 18.6 Å². The Hall–Kier alpha value is -1.74. The molecular formula is C22H28F2IN3O. The molecule has 1 aliphatic heterocycles. The van der Waals surface area contributed by atoms with Crippen molar-refractivity contribution in [3.05, 3.63) is 70.8 Å². The topological polar surface area (TPSA) is 45.7 Å². The number of nitrogens with zero attached hydrogens (tertiary/aromatic N) is 1. The van der Waals surface area contributed by atoms with Crippen LogP contribution < -0.4 is 10.6 Å². The van der Waals surface area contributed by atoms with Gasteiger partial charge in [-0.15, -0.1) is 24.0 Å². The molecule has 3 rings (SSSR count). The number of benzene rings is 2. The van der Waals surface area contributed by atoms with Gasteiger partial charge in [-0.05, 0) is 54.7 Å².